The standard InChI is InChI=1S/C23H17N5OS/c29-19-14-17-8-4-5-9-18(17)20(15-6-2-1-3-7-15)25-21(19)26-23-28-27-22(30-23)16-10-12-24-13-11-16/h1-13,21H,14H2,(H,26,28). The highest BCUT2D eigenvalue weighted by Crippen LogP contribution is 2.28. The summed E-state index contributed by atoms with van der Waals surface area (Å²) in [7, 11) is 0. The van der Waals surface area contributed by atoms with E-state index >= 15 is 0 Å². The number of carbonyl (C=O) groups is 1. The molecule has 0 bridgehead atoms. The first-order chi connectivity index (χ1) is 14.8. The van der Waals surface area contributed by atoms with Crippen molar-refractivity contribution in [2.45, 2.75) is 12.6 Å². The molecule has 0 spiro atoms. The minimum atomic E-state index is -0.731. The van der Waals surface area contributed by atoms with Crippen molar-refractivity contribution in [3.63, 3.8) is 0 Å². The molecular weight excluding hydrogens is 394 g/mol. The monoisotopic (exact) mass is 411 g/mol. The maximum atomic E-state index is 13.0. The Bertz CT molecular complexity index is 1220. The van der Waals surface area contributed by atoms with E-state index in [0.717, 1.165) is 33.0 Å². The molecule has 30 heavy (non-hydrogen) atoms. The van der Waals surface area contributed by atoms with E-state index in [2.05, 4.69) is 20.5 Å². The van der Waals surface area contributed by atoms with Gasteiger partial charge in [-0.2, -0.15) is 0 Å². The van der Waals surface area contributed by atoms with Crippen LogP contribution in [0.2, 0.25) is 0 Å². The number of hydrogen-bond acceptors (Lipinski definition) is 7. The lowest BCUT2D eigenvalue weighted by Crippen LogP contribution is -2.28. The average molecular weight is 411 g/mol. The van der Waals surface area contributed by atoms with Crippen molar-refractivity contribution in [3.05, 3.63) is 95.8 Å². The van der Waals surface area contributed by atoms with E-state index in [9.17, 15) is 4.79 Å². The van der Waals surface area contributed by atoms with E-state index in [1.807, 2.05) is 66.7 Å². The fraction of sp³-hybridized carbons (Fsp3) is 0.0870. The summed E-state index contributed by atoms with van der Waals surface area (Å²) in [5.41, 5.74) is 4.67. The molecule has 0 aliphatic carbocycles. The minimum Gasteiger partial charge on any atom is -0.332 e. The number of rotatable bonds is 4. The van der Waals surface area contributed by atoms with Crippen LogP contribution in [0.4, 0.5) is 5.13 Å². The molecule has 5 rings (SSSR count). The summed E-state index contributed by atoms with van der Waals surface area (Å²) in [6, 6.07) is 21.6. The van der Waals surface area contributed by atoms with Gasteiger partial charge in [-0.05, 0) is 17.7 Å². The van der Waals surface area contributed by atoms with Gasteiger partial charge in [0.05, 0.1) is 5.71 Å². The molecule has 0 amide bonds. The normalized spacial score (nSPS) is 15.8. The first-order valence-corrected chi connectivity index (χ1v) is 10.3. The summed E-state index contributed by atoms with van der Waals surface area (Å²) in [6.07, 6.45) is 3.01. The van der Waals surface area contributed by atoms with Crippen LogP contribution in [0.15, 0.2) is 84.1 Å². The van der Waals surface area contributed by atoms with Crippen LogP contribution in [0.25, 0.3) is 10.6 Å². The second kappa shape index (κ2) is 7.96. The number of aromatic nitrogens is 3. The van der Waals surface area contributed by atoms with Crippen LogP contribution in [0, 0.1) is 0 Å². The molecular formula is C23H17N5OS. The van der Waals surface area contributed by atoms with Gasteiger partial charge in [0.1, 0.15) is 5.01 Å². The van der Waals surface area contributed by atoms with Gasteiger partial charge in [0.2, 0.25) is 5.13 Å². The van der Waals surface area contributed by atoms with Crippen molar-refractivity contribution < 1.29 is 4.79 Å². The molecule has 7 heteroatoms. The Balaban J connectivity index is 1.51. The molecule has 1 unspecified atom stereocenters. The number of nitrogens with zero attached hydrogens (tertiary/aromatic N) is 4. The molecule has 146 valence electrons. The average Bonchev–Trinajstić information content (AvgIpc) is 3.21. The summed E-state index contributed by atoms with van der Waals surface area (Å²) in [5, 5.41) is 13.0. The number of hydrogen-bond donors (Lipinski definition) is 1. The smallest absolute Gasteiger partial charge is 0.207 e. The Morgan fingerprint density at radius 1 is 0.867 bits per heavy atom. The molecule has 1 N–H and O–H groups in total. The van der Waals surface area contributed by atoms with Gasteiger partial charge in [0.15, 0.2) is 11.9 Å². The zero-order chi connectivity index (χ0) is 20.3. The van der Waals surface area contributed by atoms with Crippen LogP contribution in [0.1, 0.15) is 16.7 Å². The van der Waals surface area contributed by atoms with Gasteiger partial charge in [0, 0.05) is 35.5 Å². The molecule has 2 aromatic heterocycles. The number of pyridine rings is 1. The molecule has 1 aliphatic heterocycles. The van der Waals surface area contributed by atoms with Crippen LogP contribution < -0.4 is 5.32 Å². The van der Waals surface area contributed by atoms with Crippen LogP contribution >= 0.6 is 11.3 Å². The lowest BCUT2D eigenvalue weighted by atomic mass is 9.96. The van der Waals surface area contributed by atoms with Crippen LogP contribution in [-0.2, 0) is 11.2 Å². The Morgan fingerprint density at radius 3 is 2.47 bits per heavy atom. The maximum absolute atomic E-state index is 13.0. The minimum absolute atomic E-state index is 0.00552. The van der Waals surface area contributed by atoms with Crippen molar-refractivity contribution in [2.75, 3.05) is 5.32 Å². The van der Waals surface area contributed by atoms with E-state index in [0.29, 0.717) is 11.6 Å². The lowest BCUT2D eigenvalue weighted by molar-refractivity contribution is -0.118. The predicted octanol–water partition coefficient (Wildman–Crippen LogP) is 4.00. The zero-order valence-corrected chi connectivity index (χ0v) is 16.7. The molecule has 4 aromatic rings. The highest BCUT2D eigenvalue weighted by Gasteiger charge is 2.26. The third kappa shape index (κ3) is 3.62. The summed E-state index contributed by atoms with van der Waals surface area (Å²) in [4.78, 5) is 21.9. The molecule has 3 heterocycles. The third-order valence-corrected chi connectivity index (χ3v) is 5.76. The number of benzene rings is 2. The first kappa shape index (κ1) is 18.3. The molecule has 0 saturated heterocycles. The van der Waals surface area contributed by atoms with E-state index in [4.69, 9.17) is 4.99 Å². The number of fused-ring (bicyclic) bond motifs is 1. The first-order valence-electron chi connectivity index (χ1n) is 9.52. The number of aliphatic imine (C=N–C) groups is 1. The van der Waals surface area contributed by atoms with Gasteiger partial charge in [-0.15, -0.1) is 10.2 Å². The summed E-state index contributed by atoms with van der Waals surface area (Å²) < 4.78 is 0. The van der Waals surface area contributed by atoms with Gasteiger partial charge in [0.25, 0.3) is 0 Å². The Hall–Kier alpha value is -3.71. The Morgan fingerprint density at radius 2 is 1.63 bits per heavy atom. The molecule has 1 aliphatic rings. The number of carbonyl (C=O) groups excluding carboxylic acids is 1. The second-order valence-corrected chi connectivity index (χ2v) is 7.82. The third-order valence-electron chi connectivity index (χ3n) is 4.86. The molecule has 0 radical (unpaired) electrons. The van der Waals surface area contributed by atoms with Gasteiger partial charge in [-0.3, -0.25) is 14.8 Å². The maximum Gasteiger partial charge on any atom is 0.207 e. The molecule has 6 nitrogen and oxygen atoms in total. The molecule has 0 fully saturated rings. The van der Waals surface area contributed by atoms with Gasteiger partial charge in [-0.1, -0.05) is 65.9 Å². The van der Waals surface area contributed by atoms with Gasteiger partial charge < -0.3 is 5.32 Å². The van der Waals surface area contributed by atoms with Crippen LogP contribution in [-0.4, -0.2) is 32.8 Å². The molecule has 1 atom stereocenters. The number of ketones is 1. The number of Topliss-reactive ketones (excluding diaryl/α,β-unsaturated/α-hetero) is 1. The van der Waals surface area contributed by atoms with Crippen LogP contribution in [0.5, 0.6) is 0 Å². The van der Waals surface area contributed by atoms with Crippen molar-refractivity contribution in [1.29, 1.82) is 0 Å². The van der Waals surface area contributed by atoms with Gasteiger partial charge >= 0.3 is 0 Å². The Labute approximate surface area is 177 Å². The number of nitrogens with one attached hydrogen (secondary N) is 1. The summed E-state index contributed by atoms with van der Waals surface area (Å²) >= 11 is 1.39. The number of anilines is 1. The molecule has 2 aromatic carbocycles. The van der Waals surface area contributed by atoms with E-state index in [1.165, 1.54) is 11.3 Å². The van der Waals surface area contributed by atoms with Crippen molar-refractivity contribution in [3.8, 4) is 10.6 Å². The fourth-order valence-corrected chi connectivity index (χ4v) is 4.18. The van der Waals surface area contributed by atoms with Crippen molar-refractivity contribution in [2.24, 2.45) is 4.99 Å². The van der Waals surface area contributed by atoms with E-state index in [-0.39, 0.29) is 5.78 Å². The van der Waals surface area contributed by atoms with Crippen molar-refractivity contribution in [1.82, 2.24) is 15.2 Å². The largest absolute Gasteiger partial charge is 0.332 e. The SMILES string of the molecule is O=C1Cc2ccccc2C(c2ccccc2)=NC1Nc1nnc(-c2ccncc2)s1. The highest BCUT2D eigenvalue weighted by atomic mass is 32.1. The molecule has 0 saturated carbocycles. The zero-order valence-electron chi connectivity index (χ0n) is 15.9. The highest BCUT2D eigenvalue weighted by molar-refractivity contribution is 7.18. The Kier molecular flexibility index (Phi) is 4.86. The second-order valence-electron chi connectivity index (χ2n) is 6.84. The lowest BCUT2D eigenvalue weighted by Gasteiger charge is -2.12. The van der Waals surface area contributed by atoms with Crippen molar-refractivity contribution >= 4 is 28.0 Å². The van der Waals surface area contributed by atoms with Gasteiger partial charge in [-0.25, -0.2) is 0 Å². The van der Waals surface area contributed by atoms with E-state index in [1.54, 1.807) is 12.4 Å². The predicted molar refractivity (Wildman–Crippen MR) is 118 cm³/mol. The van der Waals surface area contributed by atoms with Crippen LogP contribution in [0.3, 0.4) is 0 Å². The quantitative estimate of drug-likeness (QED) is 0.549. The fourth-order valence-electron chi connectivity index (χ4n) is 3.41. The topological polar surface area (TPSA) is 80.1 Å². The van der Waals surface area contributed by atoms with E-state index < -0.39 is 6.17 Å². The summed E-state index contributed by atoms with van der Waals surface area (Å²) in [5.74, 6) is -0.00552. The summed E-state index contributed by atoms with van der Waals surface area (Å²) in [6.45, 7) is 0.